The van der Waals surface area contributed by atoms with Crippen molar-refractivity contribution in [3.63, 3.8) is 0 Å². The lowest BCUT2D eigenvalue weighted by atomic mass is 9.96. The molecule has 0 aromatic heterocycles. The lowest BCUT2D eigenvalue weighted by molar-refractivity contribution is 0.0991. The van der Waals surface area contributed by atoms with Crippen molar-refractivity contribution in [1.82, 2.24) is 9.80 Å². The number of nitrogens with zero attached hydrogens (tertiary/aromatic N) is 2. The molecule has 0 spiro atoms. The van der Waals surface area contributed by atoms with Gasteiger partial charge in [-0.25, -0.2) is 0 Å². The smallest absolute Gasteiger partial charge is 0.248 e. The molecule has 0 bridgehead atoms. The van der Waals surface area contributed by atoms with E-state index in [1.807, 2.05) is 12.1 Å². The Bertz CT molecular complexity index is 1000. The third kappa shape index (κ3) is 5.99. The molecule has 2 unspecified atom stereocenters. The summed E-state index contributed by atoms with van der Waals surface area (Å²) in [6, 6.07) is 11.4. The van der Waals surface area contributed by atoms with Gasteiger partial charge >= 0.3 is 0 Å². The highest BCUT2D eigenvalue weighted by atomic mass is 16.1. The summed E-state index contributed by atoms with van der Waals surface area (Å²) in [5.41, 5.74) is 28.1. The Morgan fingerprint density at radius 3 is 1.44 bits per heavy atom. The zero-order valence-corrected chi connectivity index (χ0v) is 21.1. The molecule has 2 saturated heterocycles. The number of carbonyl (C=O) groups excluding carboxylic acids is 2. The number of anilines is 2. The van der Waals surface area contributed by atoms with Crippen molar-refractivity contribution < 1.29 is 9.59 Å². The first-order valence-corrected chi connectivity index (χ1v) is 13.2. The van der Waals surface area contributed by atoms with Gasteiger partial charge in [-0.1, -0.05) is 37.8 Å². The largest absolute Gasteiger partial charge is 0.398 e. The van der Waals surface area contributed by atoms with Crippen LogP contribution in [0.5, 0.6) is 0 Å². The fraction of sp³-hybridized carbons (Fsp3) is 0.500. The number of nitrogens with two attached hydrogens (primary N) is 4. The summed E-state index contributed by atoms with van der Waals surface area (Å²) in [5, 5.41) is 0. The van der Waals surface area contributed by atoms with Crippen LogP contribution in [-0.2, 0) is 0 Å². The van der Waals surface area contributed by atoms with E-state index in [1.165, 1.54) is 25.7 Å². The third-order valence-electron chi connectivity index (χ3n) is 7.86. The van der Waals surface area contributed by atoms with E-state index in [-0.39, 0.29) is 12.1 Å². The van der Waals surface area contributed by atoms with Crippen molar-refractivity contribution in [3.8, 4) is 0 Å². The van der Waals surface area contributed by atoms with E-state index in [1.54, 1.807) is 24.3 Å². The summed E-state index contributed by atoms with van der Waals surface area (Å²) in [5.74, 6) is -0.914. The highest BCUT2D eigenvalue weighted by Crippen LogP contribution is 2.36. The lowest BCUT2D eigenvalue weighted by Gasteiger charge is -2.36. The van der Waals surface area contributed by atoms with Gasteiger partial charge in [0.25, 0.3) is 0 Å². The predicted molar refractivity (Wildman–Crippen MR) is 144 cm³/mol. The van der Waals surface area contributed by atoms with Gasteiger partial charge in [0.2, 0.25) is 11.8 Å². The van der Waals surface area contributed by atoms with Gasteiger partial charge in [-0.3, -0.25) is 19.4 Å². The Hall–Kier alpha value is -3.10. The van der Waals surface area contributed by atoms with Crippen LogP contribution < -0.4 is 22.9 Å². The molecule has 2 aromatic carbocycles. The van der Waals surface area contributed by atoms with E-state index in [4.69, 9.17) is 22.9 Å². The molecule has 194 valence electrons. The van der Waals surface area contributed by atoms with E-state index in [2.05, 4.69) is 9.80 Å². The van der Waals surface area contributed by atoms with Crippen molar-refractivity contribution in [2.45, 2.75) is 63.5 Å². The van der Waals surface area contributed by atoms with Crippen LogP contribution in [0.1, 0.15) is 95.3 Å². The lowest BCUT2D eigenvalue weighted by Crippen LogP contribution is -2.39. The normalized spacial score (nSPS) is 22.0. The quantitative estimate of drug-likeness (QED) is 0.435. The Kier molecular flexibility index (Phi) is 8.48. The molecule has 2 fully saturated rings. The van der Waals surface area contributed by atoms with Crippen LogP contribution in [0.2, 0.25) is 0 Å². The zero-order chi connectivity index (χ0) is 25.7. The van der Waals surface area contributed by atoms with E-state index in [0.717, 1.165) is 63.0 Å². The number of hydrogen-bond donors (Lipinski definition) is 4. The number of likely N-dealkylation sites (tertiary alicyclic amines) is 2. The van der Waals surface area contributed by atoms with Crippen molar-refractivity contribution >= 4 is 23.2 Å². The molecular weight excluding hydrogens is 452 g/mol. The van der Waals surface area contributed by atoms with Crippen molar-refractivity contribution in [2.75, 3.05) is 37.6 Å². The van der Waals surface area contributed by atoms with Gasteiger partial charge in [-0.05, 0) is 74.2 Å². The van der Waals surface area contributed by atoms with Crippen LogP contribution in [0.25, 0.3) is 0 Å². The van der Waals surface area contributed by atoms with Gasteiger partial charge in [0.05, 0.1) is 0 Å². The second-order valence-corrected chi connectivity index (χ2v) is 10.2. The number of primary amides is 2. The Morgan fingerprint density at radius 1 is 0.667 bits per heavy atom. The van der Waals surface area contributed by atoms with E-state index >= 15 is 0 Å². The molecule has 8 N–H and O–H groups in total. The minimum absolute atomic E-state index is 0.222. The zero-order valence-electron chi connectivity index (χ0n) is 21.1. The molecule has 8 nitrogen and oxygen atoms in total. The molecule has 2 heterocycles. The molecule has 0 aliphatic carbocycles. The molecule has 2 aliphatic rings. The molecule has 2 amide bonds. The summed E-state index contributed by atoms with van der Waals surface area (Å²) < 4.78 is 0. The average Bonchev–Trinajstić information content (AvgIpc) is 3.23. The third-order valence-corrected chi connectivity index (χ3v) is 7.86. The van der Waals surface area contributed by atoms with Crippen LogP contribution in [0.3, 0.4) is 0 Å². The number of hydrogen-bond acceptors (Lipinski definition) is 6. The van der Waals surface area contributed by atoms with E-state index in [0.29, 0.717) is 22.5 Å². The van der Waals surface area contributed by atoms with Crippen molar-refractivity contribution in [1.29, 1.82) is 0 Å². The Balaban J connectivity index is 1.54. The average molecular weight is 493 g/mol. The van der Waals surface area contributed by atoms with Crippen LogP contribution in [0, 0.1) is 0 Å². The predicted octanol–water partition coefficient (Wildman–Crippen LogP) is 3.58. The van der Waals surface area contributed by atoms with Crippen LogP contribution in [-0.4, -0.2) is 47.8 Å². The van der Waals surface area contributed by atoms with Crippen LogP contribution in [0.4, 0.5) is 11.4 Å². The van der Waals surface area contributed by atoms with Gasteiger partial charge in [0, 0.05) is 47.7 Å². The van der Waals surface area contributed by atoms with E-state index < -0.39 is 11.8 Å². The van der Waals surface area contributed by atoms with Crippen LogP contribution in [0.15, 0.2) is 36.4 Å². The summed E-state index contributed by atoms with van der Waals surface area (Å²) in [6.07, 6.45) is 9.17. The molecular formula is C28H40N6O2. The standard InChI is InChI=1S/C28H40N6O2/c29-23-17-19(27(31)35)9-11-21(23)25-7-3-1-5-13-33(25)15-16-34-14-6-2-4-8-26(34)22-12-10-20(28(32)36)18-24(22)30/h9-12,17-18,25-26H,1-8,13-16,29-30H2,(H2,31,35)(H2,32,36). The monoisotopic (exact) mass is 492 g/mol. The topological polar surface area (TPSA) is 145 Å². The molecule has 8 heteroatoms. The number of benzene rings is 2. The van der Waals surface area contributed by atoms with Crippen LogP contribution >= 0.6 is 0 Å². The first kappa shape index (κ1) is 26.0. The molecule has 2 atom stereocenters. The second kappa shape index (κ2) is 11.8. The first-order valence-electron chi connectivity index (χ1n) is 13.2. The molecule has 2 aliphatic heterocycles. The maximum absolute atomic E-state index is 11.6. The first-order chi connectivity index (χ1) is 17.3. The van der Waals surface area contributed by atoms with Crippen molar-refractivity contribution in [2.24, 2.45) is 11.5 Å². The van der Waals surface area contributed by atoms with Gasteiger partial charge in [-0.2, -0.15) is 0 Å². The molecule has 0 radical (unpaired) electrons. The van der Waals surface area contributed by atoms with Gasteiger partial charge < -0.3 is 22.9 Å². The van der Waals surface area contributed by atoms with E-state index in [9.17, 15) is 9.59 Å². The SMILES string of the molecule is NC(=O)c1ccc(C2CCCCCN2CCN2CCCCCC2c2ccc(C(N)=O)cc2N)c(N)c1. The number of rotatable bonds is 7. The maximum atomic E-state index is 11.6. The fourth-order valence-corrected chi connectivity index (χ4v) is 5.90. The summed E-state index contributed by atoms with van der Waals surface area (Å²) in [4.78, 5) is 28.3. The Morgan fingerprint density at radius 2 is 1.08 bits per heavy atom. The van der Waals surface area contributed by atoms with Crippen molar-refractivity contribution in [3.05, 3.63) is 58.7 Å². The minimum atomic E-state index is -0.457. The highest BCUT2D eigenvalue weighted by molar-refractivity contribution is 5.94. The number of amides is 2. The number of carbonyl (C=O) groups is 2. The minimum Gasteiger partial charge on any atom is -0.398 e. The Labute approximate surface area is 214 Å². The fourth-order valence-electron chi connectivity index (χ4n) is 5.90. The highest BCUT2D eigenvalue weighted by Gasteiger charge is 2.28. The van der Waals surface area contributed by atoms with Gasteiger partial charge in [0.15, 0.2) is 0 Å². The summed E-state index contributed by atoms with van der Waals surface area (Å²) in [6.45, 7) is 3.90. The molecule has 4 rings (SSSR count). The number of nitrogen functional groups attached to an aromatic ring is 2. The summed E-state index contributed by atoms with van der Waals surface area (Å²) in [7, 11) is 0. The van der Waals surface area contributed by atoms with Gasteiger partial charge in [0.1, 0.15) is 0 Å². The second-order valence-electron chi connectivity index (χ2n) is 10.2. The van der Waals surface area contributed by atoms with Gasteiger partial charge in [-0.15, -0.1) is 0 Å². The molecule has 0 saturated carbocycles. The molecule has 2 aromatic rings. The maximum Gasteiger partial charge on any atom is 0.248 e. The molecule has 36 heavy (non-hydrogen) atoms. The summed E-state index contributed by atoms with van der Waals surface area (Å²) >= 11 is 0.